The second-order valence-corrected chi connectivity index (χ2v) is 4.66. The van der Waals surface area contributed by atoms with Crippen molar-refractivity contribution in [2.75, 3.05) is 5.32 Å². The standard InChI is InChI=1S/C11H9BrClN3O/c1-6-7(12)3-2-4-8(6)16-10-9(13)11(17)15-5-14-10/h2-5H,1H3,(H2,14,15,16,17). The Morgan fingerprint density at radius 1 is 1.47 bits per heavy atom. The number of nitrogens with zero attached hydrogens (tertiary/aromatic N) is 1. The Balaban J connectivity index is 2.42. The van der Waals surface area contributed by atoms with E-state index in [-0.39, 0.29) is 10.6 Å². The molecular formula is C11H9BrClN3O. The molecule has 2 N–H and O–H groups in total. The van der Waals surface area contributed by atoms with Crippen molar-refractivity contribution in [2.45, 2.75) is 6.92 Å². The molecule has 1 heterocycles. The first-order valence-electron chi connectivity index (χ1n) is 4.85. The van der Waals surface area contributed by atoms with Gasteiger partial charge in [-0.3, -0.25) is 4.79 Å². The molecule has 4 nitrogen and oxygen atoms in total. The van der Waals surface area contributed by atoms with Crippen molar-refractivity contribution < 1.29 is 0 Å². The van der Waals surface area contributed by atoms with Gasteiger partial charge < -0.3 is 10.3 Å². The Bertz CT molecular complexity index is 612. The molecule has 0 aliphatic heterocycles. The van der Waals surface area contributed by atoms with Crippen molar-refractivity contribution in [1.29, 1.82) is 0 Å². The zero-order valence-electron chi connectivity index (χ0n) is 8.92. The number of hydrogen-bond acceptors (Lipinski definition) is 3. The molecule has 0 unspecified atom stereocenters. The van der Waals surface area contributed by atoms with Crippen LogP contribution in [0.2, 0.25) is 5.02 Å². The zero-order chi connectivity index (χ0) is 12.4. The molecule has 0 atom stereocenters. The summed E-state index contributed by atoms with van der Waals surface area (Å²) >= 11 is 9.29. The number of hydrogen-bond donors (Lipinski definition) is 2. The maximum Gasteiger partial charge on any atom is 0.271 e. The molecule has 0 aliphatic carbocycles. The van der Waals surface area contributed by atoms with Gasteiger partial charge in [-0.25, -0.2) is 4.98 Å². The van der Waals surface area contributed by atoms with Crippen LogP contribution in [0.1, 0.15) is 5.56 Å². The van der Waals surface area contributed by atoms with Crippen LogP contribution in [-0.2, 0) is 0 Å². The van der Waals surface area contributed by atoms with Gasteiger partial charge in [0.05, 0.1) is 6.33 Å². The van der Waals surface area contributed by atoms with Gasteiger partial charge in [-0.2, -0.15) is 0 Å². The fraction of sp³-hybridized carbons (Fsp3) is 0.0909. The Morgan fingerprint density at radius 2 is 2.24 bits per heavy atom. The van der Waals surface area contributed by atoms with Crippen molar-refractivity contribution in [3.63, 3.8) is 0 Å². The van der Waals surface area contributed by atoms with E-state index in [1.807, 2.05) is 25.1 Å². The maximum absolute atomic E-state index is 11.3. The van der Waals surface area contributed by atoms with Crippen molar-refractivity contribution in [2.24, 2.45) is 0 Å². The zero-order valence-corrected chi connectivity index (χ0v) is 11.3. The highest BCUT2D eigenvalue weighted by molar-refractivity contribution is 9.10. The highest BCUT2D eigenvalue weighted by Gasteiger charge is 2.08. The van der Waals surface area contributed by atoms with E-state index in [2.05, 4.69) is 31.2 Å². The fourth-order valence-electron chi connectivity index (χ4n) is 1.34. The molecule has 0 bridgehead atoms. The van der Waals surface area contributed by atoms with Gasteiger partial charge in [0.15, 0.2) is 5.82 Å². The van der Waals surface area contributed by atoms with Crippen LogP contribution < -0.4 is 10.9 Å². The van der Waals surface area contributed by atoms with Gasteiger partial charge >= 0.3 is 0 Å². The molecule has 0 spiro atoms. The van der Waals surface area contributed by atoms with Gasteiger partial charge in [0, 0.05) is 10.2 Å². The first-order valence-corrected chi connectivity index (χ1v) is 6.02. The summed E-state index contributed by atoms with van der Waals surface area (Å²) in [5, 5.41) is 3.08. The number of nitrogens with one attached hydrogen (secondary N) is 2. The van der Waals surface area contributed by atoms with E-state index in [0.29, 0.717) is 5.82 Å². The SMILES string of the molecule is Cc1c(Br)cccc1Nc1nc[nH]c(=O)c1Cl. The van der Waals surface area contributed by atoms with E-state index in [9.17, 15) is 4.79 Å². The lowest BCUT2D eigenvalue weighted by Crippen LogP contribution is -2.10. The summed E-state index contributed by atoms with van der Waals surface area (Å²) in [6.45, 7) is 1.95. The summed E-state index contributed by atoms with van der Waals surface area (Å²) in [5.74, 6) is 0.344. The van der Waals surface area contributed by atoms with E-state index >= 15 is 0 Å². The normalized spacial score (nSPS) is 10.3. The number of rotatable bonds is 2. The predicted octanol–water partition coefficient (Wildman–Crippen LogP) is 3.24. The summed E-state index contributed by atoms with van der Waals surface area (Å²) in [6.07, 6.45) is 1.31. The van der Waals surface area contributed by atoms with E-state index in [1.54, 1.807) is 0 Å². The quantitative estimate of drug-likeness (QED) is 0.894. The van der Waals surface area contributed by atoms with Gasteiger partial charge in [0.1, 0.15) is 5.02 Å². The Labute approximate surface area is 111 Å². The van der Waals surface area contributed by atoms with E-state index in [1.165, 1.54) is 6.33 Å². The minimum atomic E-state index is -0.364. The minimum absolute atomic E-state index is 0.0480. The van der Waals surface area contributed by atoms with Crippen molar-refractivity contribution >= 4 is 39.0 Å². The lowest BCUT2D eigenvalue weighted by molar-refractivity contribution is 1.12. The van der Waals surface area contributed by atoms with Gasteiger partial charge in [0.25, 0.3) is 5.56 Å². The number of aromatic amines is 1. The number of anilines is 2. The minimum Gasteiger partial charge on any atom is -0.339 e. The van der Waals surface area contributed by atoms with Gasteiger partial charge in [-0.1, -0.05) is 33.6 Å². The number of benzene rings is 1. The summed E-state index contributed by atoms with van der Waals surface area (Å²) in [6, 6.07) is 5.72. The smallest absolute Gasteiger partial charge is 0.271 e. The van der Waals surface area contributed by atoms with Crippen LogP contribution in [0.3, 0.4) is 0 Å². The largest absolute Gasteiger partial charge is 0.339 e. The van der Waals surface area contributed by atoms with Gasteiger partial charge in [-0.15, -0.1) is 0 Å². The third kappa shape index (κ3) is 2.50. The van der Waals surface area contributed by atoms with Crippen LogP contribution in [0.4, 0.5) is 11.5 Å². The molecule has 0 fully saturated rings. The monoisotopic (exact) mass is 313 g/mol. The van der Waals surface area contributed by atoms with E-state index in [4.69, 9.17) is 11.6 Å². The van der Waals surface area contributed by atoms with Crippen LogP contribution in [0, 0.1) is 6.92 Å². The van der Waals surface area contributed by atoms with E-state index in [0.717, 1.165) is 15.7 Å². The summed E-state index contributed by atoms with van der Waals surface area (Å²) in [4.78, 5) is 17.7. The number of halogens is 2. The van der Waals surface area contributed by atoms with Gasteiger partial charge in [-0.05, 0) is 24.6 Å². The average Bonchev–Trinajstić information content (AvgIpc) is 2.31. The fourth-order valence-corrected chi connectivity index (χ4v) is 1.86. The van der Waals surface area contributed by atoms with Crippen molar-refractivity contribution in [3.8, 4) is 0 Å². The molecule has 0 amide bonds. The Kier molecular flexibility index (Phi) is 3.49. The molecule has 1 aromatic carbocycles. The van der Waals surface area contributed by atoms with Crippen molar-refractivity contribution in [1.82, 2.24) is 9.97 Å². The lowest BCUT2D eigenvalue weighted by atomic mass is 10.2. The summed E-state index contributed by atoms with van der Waals surface area (Å²) in [5.41, 5.74) is 1.50. The molecule has 0 radical (unpaired) electrons. The molecule has 0 saturated heterocycles. The van der Waals surface area contributed by atoms with Crippen LogP contribution in [-0.4, -0.2) is 9.97 Å². The molecule has 6 heteroatoms. The van der Waals surface area contributed by atoms with Crippen LogP contribution in [0.15, 0.2) is 33.8 Å². The van der Waals surface area contributed by atoms with Gasteiger partial charge in [0.2, 0.25) is 0 Å². The molecule has 17 heavy (non-hydrogen) atoms. The third-order valence-corrected chi connectivity index (χ3v) is 3.53. The number of H-pyrrole nitrogens is 1. The molecule has 2 aromatic rings. The molecular weight excluding hydrogens is 305 g/mol. The van der Waals surface area contributed by atoms with Crippen LogP contribution in [0.5, 0.6) is 0 Å². The third-order valence-electron chi connectivity index (χ3n) is 2.32. The first kappa shape index (κ1) is 12.1. The molecule has 88 valence electrons. The first-order chi connectivity index (χ1) is 8.09. The molecule has 2 rings (SSSR count). The summed E-state index contributed by atoms with van der Waals surface area (Å²) in [7, 11) is 0. The topological polar surface area (TPSA) is 57.8 Å². The van der Waals surface area contributed by atoms with Crippen LogP contribution in [0.25, 0.3) is 0 Å². The second kappa shape index (κ2) is 4.89. The predicted molar refractivity (Wildman–Crippen MR) is 72.0 cm³/mol. The molecule has 1 aromatic heterocycles. The Morgan fingerprint density at radius 3 is 3.00 bits per heavy atom. The lowest BCUT2D eigenvalue weighted by Gasteiger charge is -2.10. The maximum atomic E-state index is 11.3. The van der Waals surface area contributed by atoms with E-state index < -0.39 is 0 Å². The second-order valence-electron chi connectivity index (χ2n) is 3.43. The number of aromatic nitrogens is 2. The Hall–Kier alpha value is -1.33. The average molecular weight is 315 g/mol. The summed E-state index contributed by atoms with van der Waals surface area (Å²) < 4.78 is 0.975. The van der Waals surface area contributed by atoms with Crippen molar-refractivity contribution in [3.05, 3.63) is 49.9 Å². The highest BCUT2D eigenvalue weighted by Crippen LogP contribution is 2.27. The molecule has 0 saturated carbocycles. The highest BCUT2D eigenvalue weighted by atomic mass is 79.9. The van der Waals surface area contributed by atoms with Crippen LogP contribution >= 0.6 is 27.5 Å². The molecule has 0 aliphatic rings.